The molecule has 1 rings (SSSR count). The topological polar surface area (TPSA) is 47.6 Å². The number of morpholine rings is 1. The second-order valence-electron chi connectivity index (χ2n) is 2.93. The van der Waals surface area contributed by atoms with Gasteiger partial charge in [0.05, 0.1) is 6.61 Å². The molecule has 2 unspecified atom stereocenters. The average molecular weight is 173 g/mol. The van der Waals surface area contributed by atoms with Crippen LogP contribution in [0.25, 0.3) is 0 Å². The zero-order chi connectivity index (χ0) is 8.97. The van der Waals surface area contributed by atoms with Crippen LogP contribution in [0, 0.1) is 0 Å². The molecule has 0 bridgehead atoms. The molecule has 0 aromatic heterocycles. The Kier molecular flexibility index (Phi) is 3.49. The third kappa shape index (κ3) is 2.79. The van der Waals surface area contributed by atoms with Crippen molar-refractivity contribution in [3.8, 4) is 0 Å². The third-order valence-electron chi connectivity index (χ3n) is 1.83. The lowest BCUT2D eigenvalue weighted by Gasteiger charge is -2.28. The molecule has 2 atom stereocenters. The lowest BCUT2D eigenvalue weighted by Crippen LogP contribution is -2.45. The van der Waals surface area contributed by atoms with Crippen LogP contribution in [-0.2, 0) is 14.3 Å². The third-order valence-corrected chi connectivity index (χ3v) is 1.83. The van der Waals surface area contributed by atoms with Gasteiger partial charge >= 0.3 is 5.97 Å². The lowest BCUT2D eigenvalue weighted by molar-refractivity contribution is -0.154. The van der Waals surface area contributed by atoms with Crippen LogP contribution in [0.4, 0.5) is 0 Å². The van der Waals surface area contributed by atoms with Crippen molar-refractivity contribution in [2.45, 2.75) is 26.1 Å². The summed E-state index contributed by atoms with van der Waals surface area (Å²) in [7, 11) is 0. The molecule has 1 aliphatic heterocycles. The van der Waals surface area contributed by atoms with E-state index >= 15 is 0 Å². The fraction of sp³-hybridized carbons (Fsp3) is 0.875. The van der Waals surface area contributed by atoms with E-state index in [1.54, 1.807) is 0 Å². The first-order chi connectivity index (χ1) is 5.70. The standard InChI is InChI=1S/C8H15NO3/c1-6(12-7(2)10)8-5-9-3-4-11-8/h6,8-9H,3-5H2,1-2H3. The van der Waals surface area contributed by atoms with Crippen LogP contribution in [-0.4, -0.2) is 37.9 Å². The van der Waals surface area contributed by atoms with Crippen molar-refractivity contribution >= 4 is 5.97 Å². The van der Waals surface area contributed by atoms with E-state index in [1.165, 1.54) is 6.92 Å². The van der Waals surface area contributed by atoms with E-state index in [2.05, 4.69) is 5.32 Å². The van der Waals surface area contributed by atoms with E-state index in [1.807, 2.05) is 6.92 Å². The molecule has 1 heterocycles. The average Bonchev–Trinajstić information content (AvgIpc) is 2.05. The first-order valence-corrected chi connectivity index (χ1v) is 4.19. The molecular formula is C8H15NO3. The maximum Gasteiger partial charge on any atom is 0.302 e. The van der Waals surface area contributed by atoms with E-state index in [0.29, 0.717) is 6.61 Å². The Bertz CT molecular complexity index is 154. The number of hydrogen-bond donors (Lipinski definition) is 1. The highest BCUT2D eigenvalue weighted by atomic mass is 16.6. The Morgan fingerprint density at radius 2 is 2.50 bits per heavy atom. The Balaban J connectivity index is 2.29. The van der Waals surface area contributed by atoms with Crippen molar-refractivity contribution in [1.29, 1.82) is 0 Å². The fourth-order valence-electron chi connectivity index (χ4n) is 1.22. The first kappa shape index (κ1) is 9.48. The van der Waals surface area contributed by atoms with Gasteiger partial charge in [-0.05, 0) is 6.92 Å². The molecule has 0 aliphatic carbocycles. The first-order valence-electron chi connectivity index (χ1n) is 4.19. The van der Waals surface area contributed by atoms with Crippen LogP contribution < -0.4 is 5.32 Å². The molecule has 0 spiro atoms. The van der Waals surface area contributed by atoms with Gasteiger partial charge in [0, 0.05) is 20.0 Å². The lowest BCUT2D eigenvalue weighted by atomic mass is 10.2. The van der Waals surface area contributed by atoms with Crippen molar-refractivity contribution < 1.29 is 14.3 Å². The molecule has 1 fully saturated rings. The molecule has 12 heavy (non-hydrogen) atoms. The summed E-state index contributed by atoms with van der Waals surface area (Å²) >= 11 is 0. The number of carbonyl (C=O) groups excluding carboxylic acids is 1. The number of esters is 1. The highest BCUT2D eigenvalue weighted by Crippen LogP contribution is 2.05. The zero-order valence-electron chi connectivity index (χ0n) is 7.50. The highest BCUT2D eigenvalue weighted by molar-refractivity contribution is 5.66. The van der Waals surface area contributed by atoms with Crippen molar-refractivity contribution in [2.24, 2.45) is 0 Å². The summed E-state index contributed by atoms with van der Waals surface area (Å²) in [6.45, 7) is 5.58. The Hall–Kier alpha value is -0.610. The second kappa shape index (κ2) is 4.42. The summed E-state index contributed by atoms with van der Waals surface area (Å²) in [5, 5.41) is 3.17. The number of rotatable bonds is 2. The van der Waals surface area contributed by atoms with E-state index in [0.717, 1.165) is 13.1 Å². The number of nitrogens with one attached hydrogen (secondary N) is 1. The molecule has 0 amide bonds. The van der Waals surface area contributed by atoms with Gasteiger partial charge in [-0.3, -0.25) is 4.79 Å². The van der Waals surface area contributed by atoms with Crippen LogP contribution in [0.1, 0.15) is 13.8 Å². The van der Waals surface area contributed by atoms with Gasteiger partial charge in [-0.25, -0.2) is 0 Å². The van der Waals surface area contributed by atoms with Crippen molar-refractivity contribution in [1.82, 2.24) is 5.32 Å². The van der Waals surface area contributed by atoms with Crippen LogP contribution in [0.15, 0.2) is 0 Å². The molecule has 1 aliphatic rings. The predicted molar refractivity (Wildman–Crippen MR) is 43.8 cm³/mol. The quantitative estimate of drug-likeness (QED) is 0.594. The number of ether oxygens (including phenoxy) is 2. The molecule has 70 valence electrons. The largest absolute Gasteiger partial charge is 0.460 e. The van der Waals surface area contributed by atoms with Gasteiger partial charge in [0.25, 0.3) is 0 Å². The molecule has 1 saturated heterocycles. The van der Waals surface area contributed by atoms with Crippen LogP contribution >= 0.6 is 0 Å². The molecule has 4 heteroatoms. The SMILES string of the molecule is CC(=O)OC(C)C1CNCCO1. The van der Waals surface area contributed by atoms with Crippen LogP contribution in [0.5, 0.6) is 0 Å². The van der Waals surface area contributed by atoms with Gasteiger partial charge in [-0.2, -0.15) is 0 Å². The van der Waals surface area contributed by atoms with Gasteiger partial charge in [0.1, 0.15) is 12.2 Å². The van der Waals surface area contributed by atoms with Gasteiger partial charge in [-0.1, -0.05) is 0 Å². The van der Waals surface area contributed by atoms with Gasteiger partial charge in [0.2, 0.25) is 0 Å². The summed E-state index contributed by atoms with van der Waals surface area (Å²) in [5.74, 6) is -0.253. The van der Waals surface area contributed by atoms with Crippen molar-refractivity contribution in [3.63, 3.8) is 0 Å². The molecule has 0 aromatic rings. The molecule has 0 radical (unpaired) electrons. The minimum atomic E-state index is -0.253. The molecule has 1 N–H and O–H groups in total. The Morgan fingerprint density at radius 3 is 3.00 bits per heavy atom. The van der Waals surface area contributed by atoms with E-state index < -0.39 is 0 Å². The van der Waals surface area contributed by atoms with E-state index in [-0.39, 0.29) is 18.2 Å². The zero-order valence-corrected chi connectivity index (χ0v) is 7.50. The van der Waals surface area contributed by atoms with Crippen LogP contribution in [0.2, 0.25) is 0 Å². The Morgan fingerprint density at radius 1 is 1.75 bits per heavy atom. The smallest absolute Gasteiger partial charge is 0.302 e. The summed E-state index contributed by atoms with van der Waals surface area (Å²) < 4.78 is 10.4. The van der Waals surface area contributed by atoms with Gasteiger partial charge in [0.15, 0.2) is 0 Å². The second-order valence-corrected chi connectivity index (χ2v) is 2.93. The number of carbonyl (C=O) groups is 1. The van der Waals surface area contributed by atoms with E-state index in [9.17, 15) is 4.79 Å². The Labute approximate surface area is 72.2 Å². The normalized spacial score (nSPS) is 26.3. The van der Waals surface area contributed by atoms with Gasteiger partial charge < -0.3 is 14.8 Å². The molecule has 0 saturated carbocycles. The maximum absolute atomic E-state index is 10.6. The monoisotopic (exact) mass is 173 g/mol. The maximum atomic E-state index is 10.6. The van der Waals surface area contributed by atoms with Crippen molar-refractivity contribution in [3.05, 3.63) is 0 Å². The van der Waals surface area contributed by atoms with Crippen LogP contribution in [0.3, 0.4) is 0 Å². The summed E-state index contributed by atoms with van der Waals surface area (Å²) in [4.78, 5) is 10.6. The molecule has 0 aromatic carbocycles. The highest BCUT2D eigenvalue weighted by Gasteiger charge is 2.22. The fourth-order valence-corrected chi connectivity index (χ4v) is 1.22. The molecular weight excluding hydrogens is 158 g/mol. The minimum absolute atomic E-state index is 0.00245. The minimum Gasteiger partial charge on any atom is -0.460 e. The summed E-state index contributed by atoms with van der Waals surface area (Å²) in [6.07, 6.45) is -0.155. The summed E-state index contributed by atoms with van der Waals surface area (Å²) in [5.41, 5.74) is 0. The van der Waals surface area contributed by atoms with Gasteiger partial charge in [-0.15, -0.1) is 0 Å². The molecule has 4 nitrogen and oxygen atoms in total. The van der Waals surface area contributed by atoms with Crippen molar-refractivity contribution in [2.75, 3.05) is 19.7 Å². The number of hydrogen-bond acceptors (Lipinski definition) is 4. The predicted octanol–water partition coefficient (Wildman–Crippen LogP) is -0.0736. The van der Waals surface area contributed by atoms with E-state index in [4.69, 9.17) is 9.47 Å². The summed E-state index contributed by atoms with van der Waals surface area (Å²) in [6, 6.07) is 0.